The second kappa shape index (κ2) is 6.95. The molecule has 0 amide bonds. The Morgan fingerprint density at radius 1 is 1.30 bits per heavy atom. The molecule has 1 aliphatic heterocycles. The van der Waals surface area contributed by atoms with Crippen LogP contribution in [0, 0.1) is 13.8 Å². The first-order chi connectivity index (χ1) is 11.0. The maximum absolute atomic E-state index is 5.44. The Morgan fingerprint density at radius 3 is 2.78 bits per heavy atom. The van der Waals surface area contributed by atoms with Crippen LogP contribution in [0.5, 0.6) is 0 Å². The van der Waals surface area contributed by atoms with Gasteiger partial charge in [-0.2, -0.15) is 5.10 Å². The molecule has 1 saturated heterocycles. The molecule has 3 rings (SSSR count). The topological polar surface area (TPSA) is 45.9 Å². The Bertz CT molecular complexity index is 662. The zero-order chi connectivity index (χ0) is 16.4. The minimum absolute atomic E-state index is 0.530. The molecular weight excluding hydrogens is 290 g/mol. The van der Waals surface area contributed by atoms with Gasteiger partial charge in [-0.05, 0) is 33.9 Å². The van der Waals surface area contributed by atoms with Crippen LogP contribution in [0.15, 0.2) is 12.3 Å². The largest absolute Gasteiger partial charge is 0.379 e. The molecule has 0 aliphatic carbocycles. The third kappa shape index (κ3) is 3.71. The molecule has 3 heterocycles. The summed E-state index contributed by atoms with van der Waals surface area (Å²) in [7, 11) is 2.17. The first kappa shape index (κ1) is 16.4. The highest BCUT2D eigenvalue weighted by atomic mass is 16.5. The average molecular weight is 317 g/mol. The van der Waals surface area contributed by atoms with Crippen molar-refractivity contribution in [1.29, 1.82) is 0 Å². The summed E-state index contributed by atoms with van der Waals surface area (Å²) in [5.41, 5.74) is 4.34. The van der Waals surface area contributed by atoms with E-state index in [1.165, 1.54) is 5.56 Å². The maximum Gasteiger partial charge on any atom is 0.159 e. The van der Waals surface area contributed by atoms with Gasteiger partial charge in [0.1, 0.15) is 0 Å². The van der Waals surface area contributed by atoms with Crippen LogP contribution in [0.4, 0.5) is 0 Å². The Hall–Kier alpha value is -1.50. The molecule has 0 radical (unpaired) electrons. The number of rotatable bonds is 5. The van der Waals surface area contributed by atoms with E-state index in [0.717, 1.165) is 56.4 Å². The number of likely N-dealkylation sites (N-methyl/N-ethyl adjacent to an activating group) is 1. The van der Waals surface area contributed by atoms with E-state index in [4.69, 9.17) is 4.74 Å². The number of ether oxygens (including phenoxy) is 1. The van der Waals surface area contributed by atoms with Gasteiger partial charge in [-0.3, -0.25) is 4.90 Å². The van der Waals surface area contributed by atoms with Gasteiger partial charge in [0.15, 0.2) is 5.65 Å². The quantitative estimate of drug-likeness (QED) is 0.836. The van der Waals surface area contributed by atoms with Gasteiger partial charge in [0.25, 0.3) is 0 Å². The lowest BCUT2D eigenvalue weighted by Gasteiger charge is -2.34. The molecule has 0 saturated carbocycles. The minimum atomic E-state index is 0.530. The van der Waals surface area contributed by atoms with E-state index in [1.807, 2.05) is 17.6 Å². The van der Waals surface area contributed by atoms with Gasteiger partial charge in [0.05, 0.1) is 19.4 Å². The highest BCUT2D eigenvalue weighted by Gasteiger charge is 2.19. The molecule has 23 heavy (non-hydrogen) atoms. The van der Waals surface area contributed by atoms with Crippen molar-refractivity contribution >= 4 is 5.65 Å². The fraction of sp³-hybridized carbons (Fsp3) is 0.647. The molecule has 2 aromatic rings. The molecule has 1 fully saturated rings. The summed E-state index contributed by atoms with van der Waals surface area (Å²) in [5.74, 6) is 0. The van der Waals surface area contributed by atoms with Crippen molar-refractivity contribution in [1.82, 2.24) is 24.4 Å². The SMILES string of the molecule is Cc1cc(C)n2ncc(CN(C)CC(C)N3CCOCC3)c2n1. The fourth-order valence-electron chi connectivity index (χ4n) is 3.37. The van der Waals surface area contributed by atoms with Crippen LogP contribution < -0.4 is 0 Å². The predicted octanol–water partition coefficient (Wildman–Crippen LogP) is 1.50. The lowest BCUT2D eigenvalue weighted by atomic mass is 10.2. The van der Waals surface area contributed by atoms with Crippen LogP contribution in [-0.4, -0.2) is 70.3 Å². The second-order valence-corrected chi connectivity index (χ2v) is 6.64. The molecule has 0 N–H and O–H groups in total. The van der Waals surface area contributed by atoms with Crippen LogP contribution in [0.25, 0.3) is 5.65 Å². The fourth-order valence-corrected chi connectivity index (χ4v) is 3.37. The molecule has 0 spiro atoms. The summed E-state index contributed by atoms with van der Waals surface area (Å²) in [6, 6.07) is 2.59. The first-order valence-corrected chi connectivity index (χ1v) is 8.36. The zero-order valence-corrected chi connectivity index (χ0v) is 14.6. The van der Waals surface area contributed by atoms with E-state index in [-0.39, 0.29) is 0 Å². The number of fused-ring (bicyclic) bond motifs is 1. The Kier molecular flexibility index (Phi) is 4.94. The predicted molar refractivity (Wildman–Crippen MR) is 90.6 cm³/mol. The molecular formula is C17H27N5O. The summed E-state index contributed by atoms with van der Waals surface area (Å²) in [4.78, 5) is 9.53. The van der Waals surface area contributed by atoms with E-state index in [0.29, 0.717) is 6.04 Å². The average Bonchev–Trinajstić information content (AvgIpc) is 2.91. The maximum atomic E-state index is 5.44. The van der Waals surface area contributed by atoms with Crippen LogP contribution >= 0.6 is 0 Å². The lowest BCUT2D eigenvalue weighted by molar-refractivity contribution is 0.0137. The number of hydrogen-bond donors (Lipinski definition) is 0. The molecule has 6 nitrogen and oxygen atoms in total. The molecule has 1 atom stereocenters. The van der Waals surface area contributed by atoms with Crippen molar-refractivity contribution in [3.8, 4) is 0 Å². The monoisotopic (exact) mass is 317 g/mol. The van der Waals surface area contributed by atoms with Gasteiger partial charge in [-0.1, -0.05) is 0 Å². The van der Waals surface area contributed by atoms with Crippen molar-refractivity contribution in [2.75, 3.05) is 39.9 Å². The van der Waals surface area contributed by atoms with Crippen LogP contribution in [-0.2, 0) is 11.3 Å². The minimum Gasteiger partial charge on any atom is -0.379 e. The molecule has 1 unspecified atom stereocenters. The molecule has 0 bridgehead atoms. The van der Waals surface area contributed by atoms with E-state index < -0.39 is 0 Å². The number of aryl methyl sites for hydroxylation is 2. The van der Waals surface area contributed by atoms with Gasteiger partial charge in [0.2, 0.25) is 0 Å². The highest BCUT2D eigenvalue weighted by molar-refractivity contribution is 5.47. The number of aromatic nitrogens is 3. The van der Waals surface area contributed by atoms with E-state index >= 15 is 0 Å². The van der Waals surface area contributed by atoms with Gasteiger partial charge in [-0.25, -0.2) is 9.50 Å². The molecule has 2 aromatic heterocycles. The van der Waals surface area contributed by atoms with Crippen molar-refractivity contribution in [2.24, 2.45) is 0 Å². The zero-order valence-electron chi connectivity index (χ0n) is 14.6. The third-order valence-electron chi connectivity index (χ3n) is 4.54. The Labute approximate surface area is 138 Å². The summed E-state index contributed by atoms with van der Waals surface area (Å²) >= 11 is 0. The lowest BCUT2D eigenvalue weighted by Crippen LogP contribution is -2.46. The molecule has 1 aliphatic rings. The number of nitrogens with zero attached hydrogens (tertiary/aromatic N) is 5. The summed E-state index contributed by atoms with van der Waals surface area (Å²) < 4.78 is 7.37. The Morgan fingerprint density at radius 2 is 2.04 bits per heavy atom. The van der Waals surface area contributed by atoms with E-state index in [2.05, 4.69) is 46.8 Å². The molecule has 6 heteroatoms. The van der Waals surface area contributed by atoms with Gasteiger partial charge >= 0.3 is 0 Å². The number of hydrogen-bond acceptors (Lipinski definition) is 5. The second-order valence-electron chi connectivity index (χ2n) is 6.64. The van der Waals surface area contributed by atoms with Crippen molar-refractivity contribution in [2.45, 2.75) is 33.4 Å². The van der Waals surface area contributed by atoms with Crippen LogP contribution in [0.3, 0.4) is 0 Å². The standard InChI is InChI=1S/C17H27N5O/c1-13-9-14(2)22-17(19-13)16(10-18-22)12-20(4)11-15(3)21-5-7-23-8-6-21/h9-10,15H,5-8,11-12H2,1-4H3. The van der Waals surface area contributed by atoms with E-state index in [1.54, 1.807) is 0 Å². The smallest absolute Gasteiger partial charge is 0.159 e. The summed E-state index contributed by atoms with van der Waals surface area (Å²) in [6.07, 6.45) is 1.95. The van der Waals surface area contributed by atoms with E-state index in [9.17, 15) is 0 Å². The van der Waals surface area contributed by atoms with Crippen LogP contribution in [0.2, 0.25) is 0 Å². The highest BCUT2D eigenvalue weighted by Crippen LogP contribution is 2.14. The van der Waals surface area contributed by atoms with Crippen molar-refractivity contribution in [3.63, 3.8) is 0 Å². The first-order valence-electron chi connectivity index (χ1n) is 8.36. The van der Waals surface area contributed by atoms with Gasteiger partial charge < -0.3 is 9.64 Å². The van der Waals surface area contributed by atoms with Gasteiger partial charge in [-0.15, -0.1) is 0 Å². The van der Waals surface area contributed by atoms with Gasteiger partial charge in [0, 0.05) is 49.2 Å². The third-order valence-corrected chi connectivity index (χ3v) is 4.54. The summed E-state index contributed by atoms with van der Waals surface area (Å²) in [5, 5.41) is 4.48. The van der Waals surface area contributed by atoms with Crippen LogP contribution in [0.1, 0.15) is 23.9 Å². The van der Waals surface area contributed by atoms with Crippen molar-refractivity contribution < 1.29 is 4.74 Å². The van der Waals surface area contributed by atoms with Crippen molar-refractivity contribution in [3.05, 3.63) is 29.2 Å². The molecule has 0 aromatic carbocycles. The normalized spacial score (nSPS) is 18.0. The summed E-state index contributed by atoms with van der Waals surface area (Å²) in [6.45, 7) is 12.1. The Balaban J connectivity index is 1.66. The molecule has 126 valence electrons. The number of morpholine rings is 1.